The molecule has 0 fully saturated rings. The van der Waals surface area contributed by atoms with E-state index in [0.717, 1.165) is 28.1 Å². The van der Waals surface area contributed by atoms with Crippen LogP contribution in [0.15, 0.2) is 64.4 Å². The van der Waals surface area contributed by atoms with Gasteiger partial charge in [0.25, 0.3) is 0 Å². The van der Waals surface area contributed by atoms with E-state index in [1.807, 2.05) is 55.5 Å². The van der Waals surface area contributed by atoms with Crippen LogP contribution in [0.2, 0.25) is 5.15 Å². The van der Waals surface area contributed by atoms with E-state index < -0.39 is 0 Å². The van der Waals surface area contributed by atoms with E-state index in [1.54, 1.807) is 18.0 Å². The van der Waals surface area contributed by atoms with Crippen molar-refractivity contribution >= 4 is 34.4 Å². The molecular formula is C23H20ClN3OS. The van der Waals surface area contributed by atoms with Crippen molar-refractivity contribution < 1.29 is 0 Å². The van der Waals surface area contributed by atoms with Gasteiger partial charge in [0.05, 0.1) is 16.0 Å². The third-order valence-electron chi connectivity index (χ3n) is 4.47. The molecule has 4 nitrogen and oxygen atoms in total. The molecule has 146 valence electrons. The van der Waals surface area contributed by atoms with Crippen LogP contribution in [0.25, 0.3) is 33.4 Å². The highest BCUT2D eigenvalue weighted by atomic mass is 35.5. The molecule has 0 saturated heterocycles. The number of hydrogen-bond acceptors (Lipinski definition) is 4. The number of pyridine rings is 3. The molecule has 0 saturated carbocycles. The van der Waals surface area contributed by atoms with Gasteiger partial charge in [-0.15, -0.1) is 11.8 Å². The molecule has 3 aromatic heterocycles. The average Bonchev–Trinajstić information content (AvgIpc) is 2.69. The number of fused-ring (bicyclic) bond motifs is 1. The quantitative estimate of drug-likeness (QED) is 0.319. The van der Waals surface area contributed by atoms with E-state index in [1.165, 1.54) is 0 Å². The molecule has 6 heteroatoms. The number of halogens is 1. The second-order valence-corrected chi connectivity index (χ2v) is 9.12. The first-order valence-corrected chi connectivity index (χ1v) is 10.6. The van der Waals surface area contributed by atoms with Gasteiger partial charge in [-0.1, -0.05) is 55.8 Å². The summed E-state index contributed by atoms with van der Waals surface area (Å²) < 4.78 is 0. The SMILES string of the molecule is Cc1cc(-c2cc3c(=O)c(SC(C)C)c[nH]c3nc2-c2ccccc2)cc(Cl)n1. The maximum Gasteiger partial charge on any atom is 0.204 e. The van der Waals surface area contributed by atoms with Gasteiger partial charge in [0.15, 0.2) is 0 Å². The van der Waals surface area contributed by atoms with Crippen molar-refractivity contribution in [2.75, 3.05) is 0 Å². The molecule has 1 aromatic carbocycles. The number of hydrogen-bond donors (Lipinski definition) is 1. The maximum absolute atomic E-state index is 13.1. The molecule has 0 unspecified atom stereocenters. The molecule has 4 rings (SSSR count). The van der Waals surface area contributed by atoms with Crippen LogP contribution in [0, 0.1) is 6.92 Å². The van der Waals surface area contributed by atoms with Crippen LogP contribution in [0.5, 0.6) is 0 Å². The third-order valence-corrected chi connectivity index (χ3v) is 5.70. The molecule has 0 aliphatic carbocycles. The Morgan fingerprint density at radius 3 is 2.48 bits per heavy atom. The number of aryl methyl sites for hydroxylation is 1. The van der Waals surface area contributed by atoms with Crippen LogP contribution < -0.4 is 5.43 Å². The normalized spacial score (nSPS) is 11.3. The first-order chi connectivity index (χ1) is 13.9. The van der Waals surface area contributed by atoms with E-state index in [9.17, 15) is 4.79 Å². The minimum atomic E-state index is -0.0114. The van der Waals surface area contributed by atoms with E-state index in [0.29, 0.717) is 26.3 Å². The Kier molecular flexibility index (Phi) is 5.43. The van der Waals surface area contributed by atoms with E-state index in [2.05, 4.69) is 23.8 Å². The number of aromatic nitrogens is 3. The predicted molar refractivity (Wildman–Crippen MR) is 122 cm³/mol. The van der Waals surface area contributed by atoms with Gasteiger partial charge in [-0.25, -0.2) is 9.97 Å². The van der Waals surface area contributed by atoms with Gasteiger partial charge < -0.3 is 4.98 Å². The van der Waals surface area contributed by atoms with Crippen molar-refractivity contribution in [3.05, 3.63) is 75.8 Å². The Morgan fingerprint density at radius 1 is 1.03 bits per heavy atom. The minimum absolute atomic E-state index is 0.0114. The van der Waals surface area contributed by atoms with Gasteiger partial charge in [0.1, 0.15) is 10.8 Å². The molecule has 0 atom stereocenters. The summed E-state index contributed by atoms with van der Waals surface area (Å²) in [7, 11) is 0. The summed E-state index contributed by atoms with van der Waals surface area (Å²) in [4.78, 5) is 26.1. The first-order valence-electron chi connectivity index (χ1n) is 9.35. The monoisotopic (exact) mass is 421 g/mol. The number of aromatic amines is 1. The van der Waals surface area contributed by atoms with Crippen molar-refractivity contribution in [2.24, 2.45) is 0 Å². The van der Waals surface area contributed by atoms with Gasteiger partial charge >= 0.3 is 0 Å². The van der Waals surface area contributed by atoms with Crippen molar-refractivity contribution in [2.45, 2.75) is 30.9 Å². The second-order valence-electron chi connectivity index (χ2n) is 7.12. The Hall–Kier alpha value is -2.63. The number of rotatable bonds is 4. The fourth-order valence-corrected chi connectivity index (χ4v) is 4.39. The molecule has 1 N–H and O–H groups in total. The standard InChI is InChI=1S/C23H20ClN3OS/c1-13(2)29-19-12-25-23-18(22(19)28)11-17(16-9-14(3)26-20(24)10-16)21(27-23)15-7-5-4-6-8-15/h4-13H,1-3H3,(H,25,27,28). The Labute approximate surface area is 178 Å². The lowest BCUT2D eigenvalue weighted by molar-refractivity contribution is 1.10. The molecule has 3 heterocycles. The van der Waals surface area contributed by atoms with Crippen LogP contribution in [-0.2, 0) is 0 Å². The molecule has 0 spiro atoms. The van der Waals surface area contributed by atoms with E-state index in [-0.39, 0.29) is 5.43 Å². The van der Waals surface area contributed by atoms with Gasteiger partial charge in [0.2, 0.25) is 5.43 Å². The van der Waals surface area contributed by atoms with Crippen molar-refractivity contribution in [1.29, 1.82) is 0 Å². The summed E-state index contributed by atoms with van der Waals surface area (Å²) in [6.07, 6.45) is 1.75. The predicted octanol–water partition coefficient (Wildman–Crippen LogP) is 6.11. The Bertz CT molecular complexity index is 1230. The van der Waals surface area contributed by atoms with Gasteiger partial charge in [-0.05, 0) is 30.7 Å². The number of benzene rings is 1. The minimum Gasteiger partial charge on any atom is -0.345 e. The van der Waals surface area contributed by atoms with Crippen LogP contribution in [0.4, 0.5) is 0 Å². The van der Waals surface area contributed by atoms with Gasteiger partial charge in [-0.2, -0.15) is 0 Å². The maximum atomic E-state index is 13.1. The van der Waals surface area contributed by atoms with Crippen molar-refractivity contribution in [1.82, 2.24) is 15.0 Å². The summed E-state index contributed by atoms with van der Waals surface area (Å²) in [5.74, 6) is 0. The molecule has 0 bridgehead atoms. The number of nitrogens with one attached hydrogen (secondary N) is 1. The molecular weight excluding hydrogens is 402 g/mol. The molecule has 29 heavy (non-hydrogen) atoms. The van der Waals surface area contributed by atoms with Gasteiger partial charge in [0, 0.05) is 28.3 Å². The molecule has 0 amide bonds. The summed E-state index contributed by atoms with van der Waals surface area (Å²) in [5.41, 5.74) is 4.87. The molecule has 4 aromatic rings. The number of H-pyrrole nitrogens is 1. The van der Waals surface area contributed by atoms with Crippen LogP contribution in [-0.4, -0.2) is 20.2 Å². The molecule has 0 radical (unpaired) electrons. The summed E-state index contributed by atoms with van der Waals surface area (Å²) in [6, 6.07) is 15.6. The topological polar surface area (TPSA) is 58.6 Å². The van der Waals surface area contributed by atoms with Crippen molar-refractivity contribution in [3.8, 4) is 22.4 Å². The number of thioether (sulfide) groups is 1. The second kappa shape index (κ2) is 8.01. The smallest absolute Gasteiger partial charge is 0.204 e. The highest BCUT2D eigenvalue weighted by Crippen LogP contribution is 2.34. The van der Waals surface area contributed by atoms with Crippen LogP contribution >= 0.6 is 23.4 Å². The zero-order valence-corrected chi connectivity index (χ0v) is 17.9. The summed E-state index contributed by atoms with van der Waals surface area (Å²) >= 11 is 7.77. The average molecular weight is 422 g/mol. The Morgan fingerprint density at radius 2 is 1.79 bits per heavy atom. The summed E-state index contributed by atoms with van der Waals surface area (Å²) in [5, 5.41) is 1.29. The van der Waals surface area contributed by atoms with E-state index >= 15 is 0 Å². The highest BCUT2D eigenvalue weighted by molar-refractivity contribution is 7.99. The zero-order chi connectivity index (χ0) is 20.5. The summed E-state index contributed by atoms with van der Waals surface area (Å²) in [6.45, 7) is 6.03. The lowest BCUT2D eigenvalue weighted by Crippen LogP contribution is -2.09. The third kappa shape index (κ3) is 4.07. The zero-order valence-electron chi connectivity index (χ0n) is 16.4. The fourth-order valence-electron chi connectivity index (χ4n) is 3.29. The first kappa shape index (κ1) is 19.7. The van der Waals surface area contributed by atoms with Gasteiger partial charge in [-0.3, -0.25) is 4.79 Å². The largest absolute Gasteiger partial charge is 0.345 e. The molecule has 0 aliphatic heterocycles. The lowest BCUT2D eigenvalue weighted by Gasteiger charge is -2.13. The molecule has 0 aliphatic rings. The number of nitrogens with zero attached hydrogens (tertiary/aromatic N) is 2. The lowest BCUT2D eigenvalue weighted by atomic mass is 9.98. The van der Waals surface area contributed by atoms with Crippen molar-refractivity contribution in [3.63, 3.8) is 0 Å². The highest BCUT2D eigenvalue weighted by Gasteiger charge is 2.16. The van der Waals surface area contributed by atoms with E-state index in [4.69, 9.17) is 16.6 Å². The Balaban J connectivity index is 2.04. The fraction of sp³-hybridized carbons (Fsp3) is 0.174. The van der Waals surface area contributed by atoms with Crippen LogP contribution in [0.3, 0.4) is 0 Å². The van der Waals surface area contributed by atoms with Crippen LogP contribution in [0.1, 0.15) is 19.5 Å².